The number of hydrogen-bond acceptors (Lipinski definition) is 5. The van der Waals surface area contributed by atoms with E-state index in [0.29, 0.717) is 5.02 Å². The van der Waals surface area contributed by atoms with Gasteiger partial charge < -0.3 is 14.2 Å². The van der Waals surface area contributed by atoms with Gasteiger partial charge in [-0.25, -0.2) is 5.01 Å². The molecule has 0 radical (unpaired) electrons. The van der Waals surface area contributed by atoms with E-state index in [1.54, 1.807) is 14.2 Å². The quantitative estimate of drug-likeness (QED) is 0.551. The summed E-state index contributed by atoms with van der Waals surface area (Å²) in [6, 6.07) is 21.7. The van der Waals surface area contributed by atoms with Crippen LogP contribution < -0.4 is 14.2 Å². The molecule has 0 unspecified atom stereocenters. The van der Waals surface area contributed by atoms with Crippen molar-refractivity contribution < 1.29 is 14.2 Å². The Bertz CT molecular complexity index is 1100. The Morgan fingerprint density at radius 3 is 2.27 bits per heavy atom. The minimum atomic E-state index is -0.328. The second-order valence-corrected chi connectivity index (χ2v) is 7.74. The first-order chi connectivity index (χ1) is 14.7. The average Bonchev–Trinajstić information content (AvgIpc) is 3.24. The van der Waals surface area contributed by atoms with E-state index in [-0.39, 0.29) is 12.3 Å². The van der Waals surface area contributed by atoms with E-state index in [0.717, 1.165) is 46.1 Å². The Hall–Kier alpha value is -3.18. The SMILES string of the molecule is COc1ccc(C2=NN3[C@@H](C2)c2cc(Cl)ccc2O[C@H]3c2ccc(OC)cc2)cc1. The molecule has 2 aliphatic rings. The fraction of sp³-hybridized carbons (Fsp3) is 0.208. The number of nitrogens with zero attached hydrogens (tertiary/aromatic N) is 2. The Balaban J connectivity index is 1.56. The van der Waals surface area contributed by atoms with Gasteiger partial charge in [0.25, 0.3) is 0 Å². The van der Waals surface area contributed by atoms with Gasteiger partial charge in [0.1, 0.15) is 17.2 Å². The van der Waals surface area contributed by atoms with Crippen molar-refractivity contribution in [1.29, 1.82) is 0 Å². The van der Waals surface area contributed by atoms with Crippen LogP contribution in [0.3, 0.4) is 0 Å². The molecule has 0 saturated heterocycles. The highest BCUT2D eigenvalue weighted by molar-refractivity contribution is 6.30. The maximum Gasteiger partial charge on any atom is 0.213 e. The number of fused-ring (bicyclic) bond motifs is 3. The molecule has 3 aromatic carbocycles. The van der Waals surface area contributed by atoms with Crippen LogP contribution in [0.1, 0.15) is 35.4 Å². The van der Waals surface area contributed by atoms with Crippen molar-refractivity contribution in [2.24, 2.45) is 5.10 Å². The molecule has 2 atom stereocenters. The predicted molar refractivity (Wildman–Crippen MR) is 117 cm³/mol. The lowest BCUT2D eigenvalue weighted by molar-refractivity contribution is -0.0190. The maximum atomic E-state index is 6.38. The summed E-state index contributed by atoms with van der Waals surface area (Å²) in [7, 11) is 3.33. The van der Waals surface area contributed by atoms with Gasteiger partial charge in [-0.1, -0.05) is 11.6 Å². The third kappa shape index (κ3) is 3.25. The first kappa shape index (κ1) is 18.8. The number of methoxy groups -OCH3 is 2. The second kappa shape index (κ2) is 7.58. The van der Waals surface area contributed by atoms with E-state index in [4.69, 9.17) is 30.9 Å². The van der Waals surface area contributed by atoms with E-state index >= 15 is 0 Å². The molecule has 152 valence electrons. The smallest absolute Gasteiger partial charge is 0.213 e. The molecule has 3 aromatic rings. The number of halogens is 1. The van der Waals surface area contributed by atoms with Crippen LogP contribution in [-0.2, 0) is 0 Å². The van der Waals surface area contributed by atoms with E-state index in [9.17, 15) is 0 Å². The zero-order valence-corrected chi connectivity index (χ0v) is 17.5. The van der Waals surface area contributed by atoms with Crippen LogP contribution in [0.25, 0.3) is 0 Å². The summed E-state index contributed by atoms with van der Waals surface area (Å²) in [4.78, 5) is 0. The number of hydrazone groups is 1. The Morgan fingerprint density at radius 1 is 0.933 bits per heavy atom. The number of rotatable bonds is 4. The summed E-state index contributed by atoms with van der Waals surface area (Å²) in [5.74, 6) is 2.47. The molecular weight excluding hydrogens is 400 g/mol. The Morgan fingerprint density at radius 2 is 1.60 bits per heavy atom. The summed E-state index contributed by atoms with van der Waals surface area (Å²) < 4.78 is 17.0. The van der Waals surface area contributed by atoms with Gasteiger partial charge in [-0.05, 0) is 72.3 Å². The first-order valence-electron chi connectivity index (χ1n) is 9.76. The van der Waals surface area contributed by atoms with Gasteiger partial charge in [0, 0.05) is 22.6 Å². The maximum absolute atomic E-state index is 6.38. The van der Waals surface area contributed by atoms with Crippen LogP contribution in [0.4, 0.5) is 0 Å². The molecule has 30 heavy (non-hydrogen) atoms. The summed E-state index contributed by atoms with van der Waals surface area (Å²) in [6.07, 6.45) is 0.445. The van der Waals surface area contributed by atoms with Gasteiger partial charge in [0.2, 0.25) is 6.23 Å². The van der Waals surface area contributed by atoms with Gasteiger partial charge in [0.15, 0.2) is 0 Å². The topological polar surface area (TPSA) is 43.3 Å². The van der Waals surface area contributed by atoms with Crippen molar-refractivity contribution in [1.82, 2.24) is 5.01 Å². The highest BCUT2D eigenvalue weighted by Crippen LogP contribution is 2.48. The first-order valence-corrected chi connectivity index (χ1v) is 10.1. The van der Waals surface area contributed by atoms with Crippen molar-refractivity contribution >= 4 is 17.3 Å². The van der Waals surface area contributed by atoms with Crippen molar-refractivity contribution in [3.05, 3.63) is 88.4 Å². The van der Waals surface area contributed by atoms with E-state index < -0.39 is 0 Å². The molecule has 0 spiro atoms. The molecule has 2 aliphatic heterocycles. The van der Waals surface area contributed by atoms with E-state index in [2.05, 4.69) is 0 Å². The van der Waals surface area contributed by atoms with Gasteiger partial charge in [0.05, 0.1) is 26.0 Å². The minimum absolute atomic E-state index is 0.0525. The zero-order chi connectivity index (χ0) is 20.7. The van der Waals surface area contributed by atoms with Crippen LogP contribution in [0.5, 0.6) is 17.2 Å². The monoisotopic (exact) mass is 420 g/mol. The molecule has 0 aromatic heterocycles. The van der Waals surface area contributed by atoms with Crippen molar-refractivity contribution in [3.8, 4) is 17.2 Å². The second-order valence-electron chi connectivity index (χ2n) is 7.30. The fourth-order valence-electron chi connectivity index (χ4n) is 4.00. The third-order valence-corrected chi connectivity index (χ3v) is 5.81. The van der Waals surface area contributed by atoms with Crippen LogP contribution in [0.15, 0.2) is 71.8 Å². The van der Waals surface area contributed by atoms with Gasteiger partial charge in [-0.3, -0.25) is 0 Å². The minimum Gasteiger partial charge on any atom is -0.497 e. The molecule has 2 heterocycles. The highest BCUT2D eigenvalue weighted by atomic mass is 35.5. The predicted octanol–water partition coefficient (Wildman–Crippen LogP) is 5.60. The molecule has 0 saturated carbocycles. The lowest BCUT2D eigenvalue weighted by atomic mass is 9.96. The molecule has 6 heteroatoms. The summed E-state index contributed by atoms with van der Waals surface area (Å²) in [5, 5.41) is 7.71. The summed E-state index contributed by atoms with van der Waals surface area (Å²) in [6.45, 7) is 0. The number of ether oxygens (including phenoxy) is 3. The molecule has 5 nitrogen and oxygen atoms in total. The highest BCUT2D eigenvalue weighted by Gasteiger charge is 2.41. The van der Waals surface area contributed by atoms with Crippen molar-refractivity contribution in [2.45, 2.75) is 18.7 Å². The molecule has 0 amide bonds. The normalized spacial score (nSPS) is 19.4. The van der Waals surface area contributed by atoms with Crippen LogP contribution in [0.2, 0.25) is 5.02 Å². The van der Waals surface area contributed by atoms with Gasteiger partial charge in [-0.2, -0.15) is 5.10 Å². The molecule has 0 N–H and O–H groups in total. The third-order valence-electron chi connectivity index (χ3n) is 5.58. The zero-order valence-electron chi connectivity index (χ0n) is 16.7. The van der Waals surface area contributed by atoms with Crippen LogP contribution >= 0.6 is 11.6 Å². The lowest BCUT2D eigenvalue weighted by Gasteiger charge is -2.38. The summed E-state index contributed by atoms with van der Waals surface area (Å²) >= 11 is 6.30. The lowest BCUT2D eigenvalue weighted by Crippen LogP contribution is -2.33. The van der Waals surface area contributed by atoms with Crippen molar-refractivity contribution in [3.63, 3.8) is 0 Å². The van der Waals surface area contributed by atoms with Crippen LogP contribution in [0, 0.1) is 0 Å². The molecule has 0 bridgehead atoms. The average molecular weight is 421 g/mol. The number of hydrogen-bond donors (Lipinski definition) is 0. The van der Waals surface area contributed by atoms with E-state index in [1.165, 1.54) is 0 Å². The Labute approximate surface area is 180 Å². The van der Waals surface area contributed by atoms with Gasteiger partial charge >= 0.3 is 0 Å². The molecule has 0 fully saturated rings. The summed E-state index contributed by atoms with van der Waals surface area (Å²) in [5.41, 5.74) is 4.15. The standard InChI is InChI=1S/C24H21ClN2O3/c1-28-18-8-3-15(4-9-18)21-14-22-20-13-17(25)7-12-23(20)30-24(27(22)26-21)16-5-10-19(29-2)11-6-16/h3-13,22,24H,14H2,1-2H3/t22-,24-/m0/s1. The number of benzene rings is 3. The molecule has 0 aliphatic carbocycles. The molecular formula is C24H21ClN2O3. The van der Waals surface area contributed by atoms with Gasteiger partial charge in [-0.15, -0.1) is 0 Å². The molecule has 5 rings (SSSR count). The Kier molecular flexibility index (Phi) is 4.75. The van der Waals surface area contributed by atoms with E-state index in [1.807, 2.05) is 71.7 Å². The largest absolute Gasteiger partial charge is 0.497 e. The fourth-order valence-corrected chi connectivity index (χ4v) is 4.19. The van der Waals surface area contributed by atoms with Crippen molar-refractivity contribution in [2.75, 3.05) is 14.2 Å². The van der Waals surface area contributed by atoms with Crippen LogP contribution in [-0.4, -0.2) is 24.9 Å².